The summed E-state index contributed by atoms with van der Waals surface area (Å²) in [4.78, 5) is 21.7. The molecule has 2 aromatic rings. The molecule has 1 N–H and O–H groups in total. The summed E-state index contributed by atoms with van der Waals surface area (Å²) in [5, 5.41) is 1.92. The van der Waals surface area contributed by atoms with Gasteiger partial charge in [0, 0.05) is 6.04 Å². The average Bonchev–Trinajstić information content (AvgIpc) is 2.81. The first-order valence-electron chi connectivity index (χ1n) is 6.44. The fraction of sp³-hybridized carbons (Fsp3) is 0.538. The summed E-state index contributed by atoms with van der Waals surface area (Å²) in [5.41, 5.74) is 0.818. The van der Waals surface area contributed by atoms with Crippen molar-refractivity contribution in [2.24, 2.45) is 0 Å². The summed E-state index contributed by atoms with van der Waals surface area (Å²) in [6, 6.07) is 2.50. The highest BCUT2D eigenvalue weighted by atomic mass is 32.1. The van der Waals surface area contributed by atoms with Gasteiger partial charge < -0.3 is 4.98 Å². The highest BCUT2D eigenvalue weighted by Crippen LogP contribution is 2.19. The number of hydrogen-bond acceptors (Lipinski definition) is 4. The number of nitrogens with zero attached hydrogens (tertiary/aromatic N) is 2. The summed E-state index contributed by atoms with van der Waals surface area (Å²) in [6.45, 7) is 4.11. The van der Waals surface area contributed by atoms with E-state index in [0.717, 1.165) is 29.1 Å². The number of aromatic nitrogens is 2. The zero-order chi connectivity index (χ0) is 12.5. The molecule has 0 aliphatic carbocycles. The largest absolute Gasteiger partial charge is 0.308 e. The minimum atomic E-state index is -0.00494. The fourth-order valence-electron chi connectivity index (χ4n) is 2.58. The molecule has 0 amide bonds. The van der Waals surface area contributed by atoms with Gasteiger partial charge in [0.2, 0.25) is 0 Å². The summed E-state index contributed by atoms with van der Waals surface area (Å²) < 4.78 is 0.727. The lowest BCUT2D eigenvalue weighted by atomic mass is 10.0. The van der Waals surface area contributed by atoms with Crippen LogP contribution in [-0.2, 0) is 6.54 Å². The predicted octanol–water partition coefficient (Wildman–Crippen LogP) is 2.36. The minimum absolute atomic E-state index is 0.00494. The van der Waals surface area contributed by atoms with Crippen LogP contribution in [0.25, 0.3) is 10.2 Å². The van der Waals surface area contributed by atoms with E-state index in [1.165, 1.54) is 30.6 Å². The molecule has 1 aliphatic rings. The number of likely N-dealkylation sites (tertiary alicyclic amines) is 1. The van der Waals surface area contributed by atoms with Crippen molar-refractivity contribution in [3.8, 4) is 0 Å². The maximum absolute atomic E-state index is 11.9. The standard InChI is InChI=1S/C13H17N3OS/c1-9-4-2-3-6-16(9)8-11-14-10-5-7-18-12(10)13(17)15-11/h5,7,9H,2-4,6,8H2,1H3,(H,14,15,17). The van der Waals surface area contributed by atoms with E-state index in [-0.39, 0.29) is 5.56 Å². The Bertz CT molecular complexity index is 604. The molecular formula is C13H17N3OS. The molecule has 0 aromatic carbocycles. The van der Waals surface area contributed by atoms with Crippen LogP contribution < -0.4 is 5.56 Å². The van der Waals surface area contributed by atoms with Crippen LogP contribution in [0.1, 0.15) is 32.0 Å². The average molecular weight is 263 g/mol. The van der Waals surface area contributed by atoms with E-state index in [4.69, 9.17) is 0 Å². The predicted molar refractivity (Wildman–Crippen MR) is 74.0 cm³/mol. The van der Waals surface area contributed by atoms with Gasteiger partial charge in [0.25, 0.3) is 5.56 Å². The molecule has 0 saturated carbocycles. The van der Waals surface area contributed by atoms with Crippen molar-refractivity contribution in [1.29, 1.82) is 0 Å². The Morgan fingerprint density at radius 2 is 2.44 bits per heavy atom. The number of piperidine rings is 1. The Labute approximate surface area is 110 Å². The summed E-state index contributed by atoms with van der Waals surface area (Å²) in [6.07, 6.45) is 3.80. The lowest BCUT2D eigenvalue weighted by Crippen LogP contribution is -2.37. The minimum Gasteiger partial charge on any atom is -0.308 e. The number of rotatable bonds is 2. The number of thiophene rings is 1. The van der Waals surface area contributed by atoms with Gasteiger partial charge in [-0.3, -0.25) is 9.69 Å². The van der Waals surface area contributed by atoms with E-state index < -0.39 is 0 Å². The molecule has 1 saturated heterocycles. The molecule has 18 heavy (non-hydrogen) atoms. The number of fused-ring (bicyclic) bond motifs is 1. The second kappa shape index (κ2) is 4.82. The Kier molecular flexibility index (Phi) is 3.18. The molecule has 0 radical (unpaired) electrons. The van der Waals surface area contributed by atoms with Gasteiger partial charge in [-0.1, -0.05) is 6.42 Å². The Morgan fingerprint density at radius 3 is 3.28 bits per heavy atom. The molecule has 96 valence electrons. The molecule has 3 heterocycles. The van der Waals surface area contributed by atoms with Crippen LogP contribution in [0.3, 0.4) is 0 Å². The van der Waals surface area contributed by atoms with E-state index in [9.17, 15) is 4.79 Å². The monoisotopic (exact) mass is 263 g/mol. The lowest BCUT2D eigenvalue weighted by molar-refractivity contribution is 0.149. The quantitative estimate of drug-likeness (QED) is 0.905. The van der Waals surface area contributed by atoms with Gasteiger partial charge in [-0.05, 0) is 37.8 Å². The van der Waals surface area contributed by atoms with Crippen molar-refractivity contribution in [2.75, 3.05) is 6.54 Å². The summed E-state index contributed by atoms with van der Waals surface area (Å²) in [7, 11) is 0. The normalized spacial score (nSPS) is 21.5. The molecular weight excluding hydrogens is 246 g/mol. The third kappa shape index (κ3) is 2.20. The van der Waals surface area contributed by atoms with Crippen LogP contribution in [0.2, 0.25) is 0 Å². The number of aromatic amines is 1. The van der Waals surface area contributed by atoms with Crippen molar-refractivity contribution in [3.63, 3.8) is 0 Å². The van der Waals surface area contributed by atoms with Crippen molar-refractivity contribution < 1.29 is 0 Å². The fourth-order valence-corrected chi connectivity index (χ4v) is 3.31. The van der Waals surface area contributed by atoms with E-state index in [1.54, 1.807) is 0 Å². The third-order valence-corrected chi connectivity index (χ3v) is 4.56. The van der Waals surface area contributed by atoms with Gasteiger partial charge in [0.1, 0.15) is 10.5 Å². The molecule has 3 rings (SSSR count). The number of H-pyrrole nitrogens is 1. The first kappa shape index (κ1) is 11.9. The Hall–Kier alpha value is -1.20. The van der Waals surface area contributed by atoms with E-state index in [0.29, 0.717) is 6.04 Å². The van der Waals surface area contributed by atoms with Crippen LogP contribution in [0, 0.1) is 0 Å². The van der Waals surface area contributed by atoms with Crippen LogP contribution in [-0.4, -0.2) is 27.5 Å². The van der Waals surface area contributed by atoms with Gasteiger partial charge in [0.05, 0.1) is 12.1 Å². The van der Waals surface area contributed by atoms with E-state index in [2.05, 4.69) is 21.8 Å². The Morgan fingerprint density at radius 1 is 1.56 bits per heavy atom. The maximum atomic E-state index is 11.9. The molecule has 1 atom stereocenters. The van der Waals surface area contributed by atoms with Crippen LogP contribution >= 0.6 is 11.3 Å². The SMILES string of the molecule is CC1CCCCN1Cc1nc2ccsc2c(=O)[nH]1. The van der Waals surface area contributed by atoms with E-state index in [1.807, 2.05) is 11.4 Å². The van der Waals surface area contributed by atoms with E-state index >= 15 is 0 Å². The van der Waals surface area contributed by atoms with Gasteiger partial charge in [0.15, 0.2) is 0 Å². The first-order valence-corrected chi connectivity index (χ1v) is 7.32. The summed E-state index contributed by atoms with van der Waals surface area (Å²) in [5.74, 6) is 0.791. The summed E-state index contributed by atoms with van der Waals surface area (Å²) >= 11 is 1.45. The molecule has 1 unspecified atom stereocenters. The molecule has 1 fully saturated rings. The van der Waals surface area contributed by atoms with Crippen LogP contribution in [0.5, 0.6) is 0 Å². The second-order valence-corrected chi connectivity index (χ2v) is 5.88. The maximum Gasteiger partial charge on any atom is 0.268 e. The van der Waals surface area contributed by atoms with Gasteiger partial charge in [-0.2, -0.15) is 0 Å². The molecule has 2 aromatic heterocycles. The molecule has 5 heteroatoms. The van der Waals surface area contributed by atoms with Crippen LogP contribution in [0.4, 0.5) is 0 Å². The van der Waals surface area contributed by atoms with Gasteiger partial charge in [-0.15, -0.1) is 11.3 Å². The van der Waals surface area contributed by atoms with Gasteiger partial charge in [-0.25, -0.2) is 4.98 Å². The smallest absolute Gasteiger partial charge is 0.268 e. The first-order chi connectivity index (χ1) is 8.74. The number of hydrogen-bond donors (Lipinski definition) is 1. The molecule has 1 aliphatic heterocycles. The Balaban J connectivity index is 1.87. The lowest BCUT2D eigenvalue weighted by Gasteiger charge is -2.32. The van der Waals surface area contributed by atoms with Crippen molar-refractivity contribution >= 4 is 21.6 Å². The molecule has 0 bridgehead atoms. The topological polar surface area (TPSA) is 49.0 Å². The van der Waals surface area contributed by atoms with Crippen molar-refractivity contribution in [1.82, 2.24) is 14.9 Å². The highest BCUT2D eigenvalue weighted by molar-refractivity contribution is 7.17. The zero-order valence-electron chi connectivity index (χ0n) is 10.5. The van der Waals surface area contributed by atoms with Crippen molar-refractivity contribution in [3.05, 3.63) is 27.6 Å². The van der Waals surface area contributed by atoms with Gasteiger partial charge >= 0.3 is 0 Å². The number of nitrogens with one attached hydrogen (secondary N) is 1. The molecule has 4 nitrogen and oxygen atoms in total. The highest BCUT2D eigenvalue weighted by Gasteiger charge is 2.19. The third-order valence-electron chi connectivity index (χ3n) is 3.66. The second-order valence-electron chi connectivity index (χ2n) is 4.96. The van der Waals surface area contributed by atoms with Crippen LogP contribution in [0.15, 0.2) is 16.2 Å². The molecule has 0 spiro atoms. The zero-order valence-corrected chi connectivity index (χ0v) is 11.3. The van der Waals surface area contributed by atoms with Crippen molar-refractivity contribution in [2.45, 2.75) is 38.8 Å².